The molecule has 2 aliphatic rings. The Morgan fingerprint density at radius 1 is 1.07 bits per heavy atom. The Balaban J connectivity index is 1.50. The van der Waals surface area contributed by atoms with E-state index in [4.69, 9.17) is 4.42 Å². The number of pyridine rings is 1. The Labute approximate surface area is 163 Å². The molecule has 0 unspecified atom stereocenters. The second-order valence-electron chi connectivity index (χ2n) is 8.44. The predicted octanol–water partition coefficient (Wildman–Crippen LogP) is 3.19. The largest absolute Gasteiger partial charge is 0.423 e. The molecule has 0 spiro atoms. The number of fused-ring (bicyclic) bond motifs is 5. The molecule has 1 fully saturated rings. The van der Waals surface area contributed by atoms with E-state index < -0.39 is 0 Å². The highest BCUT2D eigenvalue weighted by Gasteiger charge is 2.34. The van der Waals surface area contributed by atoms with Crippen LogP contribution >= 0.6 is 0 Å². The van der Waals surface area contributed by atoms with E-state index in [1.165, 1.54) is 0 Å². The summed E-state index contributed by atoms with van der Waals surface area (Å²) in [5, 5.41) is 1.05. The number of hydrogen-bond donors (Lipinski definition) is 0. The number of rotatable bonds is 2. The number of aryl methyl sites for hydroxylation is 2. The molecule has 1 aromatic carbocycles. The molecule has 2 aromatic heterocycles. The summed E-state index contributed by atoms with van der Waals surface area (Å²) >= 11 is 0. The van der Waals surface area contributed by atoms with Gasteiger partial charge in [-0.05, 0) is 55.0 Å². The predicted molar refractivity (Wildman–Crippen MR) is 109 cm³/mol. The first kappa shape index (κ1) is 17.4. The van der Waals surface area contributed by atoms with Gasteiger partial charge >= 0.3 is 5.63 Å². The fourth-order valence-corrected chi connectivity index (χ4v) is 5.26. The van der Waals surface area contributed by atoms with Crippen LogP contribution in [0.4, 0.5) is 0 Å². The topological polar surface area (TPSA) is 55.5 Å². The van der Waals surface area contributed by atoms with Gasteiger partial charge in [-0.1, -0.05) is 12.1 Å². The zero-order chi connectivity index (χ0) is 19.4. The van der Waals surface area contributed by atoms with E-state index in [1.807, 2.05) is 23.6 Å². The highest BCUT2D eigenvalue weighted by molar-refractivity contribution is 5.84. The first-order valence-corrected chi connectivity index (χ1v) is 9.94. The lowest BCUT2D eigenvalue weighted by atomic mass is 9.83. The van der Waals surface area contributed by atoms with Crippen molar-refractivity contribution in [1.29, 1.82) is 0 Å². The first-order valence-electron chi connectivity index (χ1n) is 9.94. The minimum Gasteiger partial charge on any atom is -0.423 e. The van der Waals surface area contributed by atoms with Gasteiger partial charge in [-0.25, -0.2) is 4.79 Å². The second-order valence-corrected chi connectivity index (χ2v) is 8.44. The van der Waals surface area contributed by atoms with Crippen LogP contribution in [0.25, 0.3) is 11.0 Å². The Morgan fingerprint density at radius 3 is 2.79 bits per heavy atom. The molecule has 0 amide bonds. The Bertz CT molecular complexity index is 1190. The molecule has 2 bridgehead atoms. The average Bonchev–Trinajstić information content (AvgIpc) is 2.61. The van der Waals surface area contributed by atoms with Gasteiger partial charge in [0.05, 0.1) is 0 Å². The third-order valence-electron chi connectivity index (χ3n) is 6.22. The lowest BCUT2D eigenvalue weighted by Gasteiger charge is -2.42. The summed E-state index contributed by atoms with van der Waals surface area (Å²) < 4.78 is 7.43. The van der Waals surface area contributed by atoms with E-state index in [0.29, 0.717) is 17.4 Å². The molecule has 0 radical (unpaired) electrons. The molecular weight excluding hydrogens is 352 g/mol. The van der Waals surface area contributed by atoms with E-state index in [1.54, 1.807) is 12.1 Å². The van der Waals surface area contributed by atoms with E-state index in [0.717, 1.165) is 60.4 Å². The van der Waals surface area contributed by atoms with Crippen LogP contribution in [0.1, 0.15) is 34.7 Å². The molecule has 0 aliphatic carbocycles. The highest BCUT2D eigenvalue weighted by Crippen LogP contribution is 2.36. The molecule has 0 saturated carbocycles. The number of nitrogens with zero attached hydrogens (tertiary/aromatic N) is 2. The van der Waals surface area contributed by atoms with Crippen LogP contribution < -0.4 is 11.2 Å². The summed E-state index contributed by atoms with van der Waals surface area (Å²) in [5.74, 6) is 0.845. The zero-order valence-electron chi connectivity index (χ0n) is 16.3. The van der Waals surface area contributed by atoms with E-state index in [2.05, 4.69) is 24.0 Å². The fourth-order valence-electron chi connectivity index (χ4n) is 5.26. The van der Waals surface area contributed by atoms with Crippen molar-refractivity contribution in [3.05, 3.63) is 79.6 Å². The number of benzene rings is 1. The summed E-state index contributed by atoms with van der Waals surface area (Å²) in [7, 11) is 0. The van der Waals surface area contributed by atoms with Crippen molar-refractivity contribution in [2.45, 2.75) is 39.3 Å². The molecule has 5 nitrogen and oxygen atoms in total. The number of aromatic nitrogens is 1. The standard InChI is InChI=1S/C23H24N2O3/c1-14-6-15(2)23-18(9-22(27)28-20(23)7-14)13-24-10-16-8-17(12-24)19-4-3-5-21(26)25(19)11-16/h3-7,9,16-17H,8,10-13H2,1-2H3/t16-,17+/m1/s1. The van der Waals surface area contributed by atoms with Gasteiger partial charge in [0.25, 0.3) is 5.56 Å². The Morgan fingerprint density at radius 2 is 1.93 bits per heavy atom. The van der Waals surface area contributed by atoms with Crippen LogP contribution in [0, 0.1) is 19.8 Å². The van der Waals surface area contributed by atoms with E-state index >= 15 is 0 Å². The van der Waals surface area contributed by atoms with Crippen LogP contribution in [-0.2, 0) is 13.1 Å². The minimum absolute atomic E-state index is 0.110. The molecule has 3 aromatic rings. The van der Waals surface area contributed by atoms with Crippen LogP contribution in [0.5, 0.6) is 0 Å². The van der Waals surface area contributed by atoms with Crippen molar-refractivity contribution in [3.63, 3.8) is 0 Å². The molecule has 5 rings (SSSR count). The van der Waals surface area contributed by atoms with E-state index in [-0.39, 0.29) is 11.2 Å². The monoisotopic (exact) mass is 376 g/mol. The average molecular weight is 376 g/mol. The van der Waals surface area contributed by atoms with Gasteiger partial charge in [-0.3, -0.25) is 9.69 Å². The highest BCUT2D eigenvalue weighted by atomic mass is 16.4. The maximum atomic E-state index is 12.2. The van der Waals surface area contributed by atoms with Crippen LogP contribution in [0.15, 0.2) is 50.4 Å². The van der Waals surface area contributed by atoms with Crippen molar-refractivity contribution in [2.75, 3.05) is 13.1 Å². The van der Waals surface area contributed by atoms with Gasteiger partial charge in [0, 0.05) is 55.3 Å². The normalized spacial score (nSPS) is 21.6. The van der Waals surface area contributed by atoms with Gasteiger partial charge in [-0.2, -0.15) is 0 Å². The zero-order valence-corrected chi connectivity index (χ0v) is 16.3. The molecule has 2 atom stereocenters. The molecule has 5 heteroatoms. The van der Waals surface area contributed by atoms with Crippen LogP contribution in [0.3, 0.4) is 0 Å². The third-order valence-corrected chi connectivity index (χ3v) is 6.22. The maximum Gasteiger partial charge on any atom is 0.336 e. The smallest absolute Gasteiger partial charge is 0.336 e. The summed E-state index contributed by atoms with van der Waals surface area (Å²) in [4.78, 5) is 26.8. The molecule has 4 heterocycles. The van der Waals surface area contributed by atoms with Gasteiger partial charge in [0.2, 0.25) is 0 Å². The van der Waals surface area contributed by atoms with Crippen molar-refractivity contribution < 1.29 is 4.42 Å². The summed E-state index contributed by atoms with van der Waals surface area (Å²) in [5.41, 5.74) is 4.92. The van der Waals surface area contributed by atoms with E-state index in [9.17, 15) is 9.59 Å². The van der Waals surface area contributed by atoms with Gasteiger partial charge < -0.3 is 8.98 Å². The molecule has 1 saturated heterocycles. The summed E-state index contributed by atoms with van der Waals surface area (Å²) in [6, 6.07) is 11.3. The number of piperidine rings is 1. The number of likely N-dealkylation sites (tertiary alicyclic amines) is 1. The molecule has 2 aliphatic heterocycles. The SMILES string of the molecule is Cc1cc(C)c2c(CN3C[C@H]4C[C@@H](C3)c3cccc(=O)n3C4)cc(=O)oc2c1. The lowest BCUT2D eigenvalue weighted by molar-refractivity contribution is 0.114. The second kappa shape index (κ2) is 6.45. The lowest BCUT2D eigenvalue weighted by Crippen LogP contribution is -2.46. The van der Waals surface area contributed by atoms with Crippen LogP contribution in [-0.4, -0.2) is 22.6 Å². The fraction of sp³-hybridized carbons (Fsp3) is 0.391. The van der Waals surface area contributed by atoms with Crippen molar-refractivity contribution in [1.82, 2.24) is 9.47 Å². The molecular formula is C23H24N2O3. The summed E-state index contributed by atoms with van der Waals surface area (Å²) in [6.07, 6.45) is 1.13. The Hall–Kier alpha value is -2.66. The van der Waals surface area contributed by atoms with Crippen molar-refractivity contribution in [3.8, 4) is 0 Å². The van der Waals surface area contributed by atoms with Crippen LogP contribution in [0.2, 0.25) is 0 Å². The number of hydrogen-bond acceptors (Lipinski definition) is 4. The van der Waals surface area contributed by atoms with Gasteiger partial charge in [0.15, 0.2) is 0 Å². The Kier molecular flexibility index (Phi) is 4.02. The third kappa shape index (κ3) is 2.90. The molecule has 0 N–H and O–H groups in total. The van der Waals surface area contributed by atoms with Gasteiger partial charge in [-0.15, -0.1) is 0 Å². The van der Waals surface area contributed by atoms with Crippen molar-refractivity contribution in [2.24, 2.45) is 5.92 Å². The maximum absolute atomic E-state index is 12.2. The first-order chi connectivity index (χ1) is 13.5. The van der Waals surface area contributed by atoms with Gasteiger partial charge in [0.1, 0.15) is 5.58 Å². The minimum atomic E-state index is -0.290. The van der Waals surface area contributed by atoms with Crippen molar-refractivity contribution >= 4 is 11.0 Å². The quantitative estimate of drug-likeness (QED) is 0.645. The molecule has 144 valence electrons. The molecule has 28 heavy (non-hydrogen) atoms. The summed E-state index contributed by atoms with van der Waals surface area (Å²) in [6.45, 7) is 7.47.